The Morgan fingerprint density at radius 3 is 3.00 bits per heavy atom. The molecule has 1 N–H and O–H groups in total. The molecule has 2 heterocycles. The number of rotatable bonds is 3. The van der Waals surface area contributed by atoms with Gasteiger partial charge < -0.3 is 14.8 Å². The van der Waals surface area contributed by atoms with E-state index in [0.717, 1.165) is 32.8 Å². The van der Waals surface area contributed by atoms with Gasteiger partial charge in [0, 0.05) is 25.8 Å². The van der Waals surface area contributed by atoms with Crippen LogP contribution in [0.3, 0.4) is 0 Å². The fourth-order valence-corrected chi connectivity index (χ4v) is 2.03. The summed E-state index contributed by atoms with van der Waals surface area (Å²) in [6.07, 6.45) is 3.54. The van der Waals surface area contributed by atoms with Gasteiger partial charge >= 0.3 is 0 Å². The summed E-state index contributed by atoms with van der Waals surface area (Å²) in [6.45, 7) is 5.88. The summed E-state index contributed by atoms with van der Waals surface area (Å²) in [4.78, 5) is 0. The van der Waals surface area contributed by atoms with Crippen LogP contribution >= 0.6 is 0 Å². The zero-order chi connectivity index (χ0) is 9.15. The minimum absolute atomic E-state index is 0.0859. The van der Waals surface area contributed by atoms with E-state index >= 15 is 0 Å². The maximum atomic E-state index is 5.70. The highest BCUT2D eigenvalue weighted by molar-refractivity contribution is 4.84. The van der Waals surface area contributed by atoms with Crippen molar-refractivity contribution in [2.75, 3.05) is 26.4 Å². The average Bonchev–Trinajstić information content (AvgIpc) is 2.72. The van der Waals surface area contributed by atoms with E-state index in [-0.39, 0.29) is 5.60 Å². The molecule has 0 aromatic carbocycles. The van der Waals surface area contributed by atoms with Crippen LogP contribution in [0.1, 0.15) is 26.2 Å². The van der Waals surface area contributed by atoms with Crippen LogP contribution in [-0.2, 0) is 9.47 Å². The molecule has 2 rings (SSSR count). The van der Waals surface area contributed by atoms with Gasteiger partial charge in [-0.15, -0.1) is 0 Å². The smallest absolute Gasteiger partial charge is 0.0779 e. The molecule has 3 heteroatoms. The van der Waals surface area contributed by atoms with Crippen molar-refractivity contribution < 1.29 is 9.47 Å². The largest absolute Gasteiger partial charge is 0.380 e. The van der Waals surface area contributed by atoms with Crippen LogP contribution < -0.4 is 5.32 Å². The minimum Gasteiger partial charge on any atom is -0.380 e. The monoisotopic (exact) mass is 185 g/mol. The van der Waals surface area contributed by atoms with Crippen LogP contribution in [-0.4, -0.2) is 38.0 Å². The Kier molecular flexibility index (Phi) is 2.86. The summed E-state index contributed by atoms with van der Waals surface area (Å²) >= 11 is 0. The lowest BCUT2D eigenvalue weighted by Crippen LogP contribution is -2.42. The van der Waals surface area contributed by atoms with E-state index in [4.69, 9.17) is 9.47 Å². The fraction of sp³-hybridized carbons (Fsp3) is 1.00. The second-order valence-electron chi connectivity index (χ2n) is 4.34. The first-order valence-electron chi connectivity index (χ1n) is 5.24. The minimum atomic E-state index is 0.0859. The van der Waals surface area contributed by atoms with Crippen molar-refractivity contribution in [2.24, 2.45) is 0 Å². The van der Waals surface area contributed by atoms with Crippen molar-refractivity contribution in [3.05, 3.63) is 0 Å². The predicted octanol–water partition coefficient (Wildman–Crippen LogP) is 0.934. The third kappa shape index (κ3) is 2.42. The van der Waals surface area contributed by atoms with E-state index in [9.17, 15) is 0 Å². The highest BCUT2D eigenvalue weighted by atomic mass is 16.5. The third-order valence-corrected chi connectivity index (χ3v) is 2.99. The molecule has 2 unspecified atom stereocenters. The Hall–Kier alpha value is -0.120. The second kappa shape index (κ2) is 3.95. The summed E-state index contributed by atoms with van der Waals surface area (Å²) < 4.78 is 11.0. The number of ether oxygens (including phenoxy) is 2. The van der Waals surface area contributed by atoms with Gasteiger partial charge in [0.2, 0.25) is 0 Å². The molecule has 0 aromatic rings. The quantitative estimate of drug-likeness (QED) is 0.709. The molecule has 2 fully saturated rings. The lowest BCUT2D eigenvalue weighted by atomic mass is 10.0. The van der Waals surface area contributed by atoms with E-state index in [2.05, 4.69) is 12.2 Å². The molecule has 0 aromatic heterocycles. The molecule has 0 aliphatic carbocycles. The molecular weight excluding hydrogens is 166 g/mol. The van der Waals surface area contributed by atoms with Crippen molar-refractivity contribution in [2.45, 2.75) is 37.8 Å². The van der Waals surface area contributed by atoms with Gasteiger partial charge in [-0.1, -0.05) is 0 Å². The SMILES string of the molecule is CC1(CNC2CCOC2)CCCO1. The van der Waals surface area contributed by atoms with Crippen molar-refractivity contribution in [3.8, 4) is 0 Å². The van der Waals surface area contributed by atoms with Gasteiger partial charge in [-0.25, -0.2) is 0 Å². The van der Waals surface area contributed by atoms with Gasteiger partial charge in [-0.3, -0.25) is 0 Å². The van der Waals surface area contributed by atoms with Crippen molar-refractivity contribution in [1.29, 1.82) is 0 Å². The van der Waals surface area contributed by atoms with E-state index in [0.29, 0.717) is 6.04 Å². The maximum Gasteiger partial charge on any atom is 0.0779 e. The van der Waals surface area contributed by atoms with Gasteiger partial charge in [0.15, 0.2) is 0 Å². The van der Waals surface area contributed by atoms with Crippen LogP contribution in [0.5, 0.6) is 0 Å². The number of nitrogens with one attached hydrogen (secondary N) is 1. The first kappa shape index (κ1) is 9.44. The third-order valence-electron chi connectivity index (χ3n) is 2.99. The van der Waals surface area contributed by atoms with Gasteiger partial charge in [-0.2, -0.15) is 0 Å². The first-order valence-corrected chi connectivity index (χ1v) is 5.24. The molecule has 2 saturated heterocycles. The molecule has 13 heavy (non-hydrogen) atoms. The number of hydrogen-bond donors (Lipinski definition) is 1. The zero-order valence-corrected chi connectivity index (χ0v) is 8.34. The van der Waals surface area contributed by atoms with E-state index < -0.39 is 0 Å². The zero-order valence-electron chi connectivity index (χ0n) is 8.34. The highest BCUT2D eigenvalue weighted by Crippen LogP contribution is 2.24. The summed E-state index contributed by atoms with van der Waals surface area (Å²) in [5, 5.41) is 3.51. The molecule has 76 valence electrons. The molecule has 2 aliphatic rings. The van der Waals surface area contributed by atoms with Crippen molar-refractivity contribution in [1.82, 2.24) is 5.32 Å². The summed E-state index contributed by atoms with van der Waals surface area (Å²) in [5.74, 6) is 0. The molecule has 0 amide bonds. The Morgan fingerprint density at radius 1 is 1.46 bits per heavy atom. The van der Waals surface area contributed by atoms with Crippen LogP contribution in [0.15, 0.2) is 0 Å². The van der Waals surface area contributed by atoms with Gasteiger partial charge in [0.25, 0.3) is 0 Å². The van der Waals surface area contributed by atoms with Gasteiger partial charge in [0.05, 0.1) is 12.2 Å². The second-order valence-corrected chi connectivity index (χ2v) is 4.34. The maximum absolute atomic E-state index is 5.70. The highest BCUT2D eigenvalue weighted by Gasteiger charge is 2.30. The normalized spacial score (nSPS) is 39.9. The summed E-state index contributed by atoms with van der Waals surface area (Å²) in [7, 11) is 0. The Morgan fingerprint density at radius 2 is 2.38 bits per heavy atom. The topological polar surface area (TPSA) is 30.5 Å². The average molecular weight is 185 g/mol. The first-order chi connectivity index (χ1) is 6.29. The molecule has 3 nitrogen and oxygen atoms in total. The lowest BCUT2D eigenvalue weighted by Gasteiger charge is -2.25. The molecule has 0 radical (unpaired) electrons. The molecule has 0 saturated carbocycles. The number of hydrogen-bond acceptors (Lipinski definition) is 3. The van der Waals surface area contributed by atoms with Crippen LogP contribution in [0.4, 0.5) is 0 Å². The predicted molar refractivity (Wildman–Crippen MR) is 50.8 cm³/mol. The van der Waals surface area contributed by atoms with Gasteiger partial charge in [-0.05, 0) is 26.2 Å². The molecule has 2 atom stereocenters. The Labute approximate surface area is 79.8 Å². The summed E-state index contributed by atoms with van der Waals surface area (Å²) in [6, 6.07) is 0.557. The Bertz CT molecular complexity index is 160. The molecule has 0 bridgehead atoms. The summed E-state index contributed by atoms with van der Waals surface area (Å²) in [5.41, 5.74) is 0.0859. The Balaban J connectivity index is 1.71. The van der Waals surface area contributed by atoms with Crippen molar-refractivity contribution in [3.63, 3.8) is 0 Å². The fourth-order valence-electron chi connectivity index (χ4n) is 2.03. The van der Waals surface area contributed by atoms with Gasteiger partial charge in [0.1, 0.15) is 0 Å². The molecule has 2 aliphatic heterocycles. The van der Waals surface area contributed by atoms with E-state index in [1.807, 2.05) is 0 Å². The lowest BCUT2D eigenvalue weighted by molar-refractivity contribution is 0.0185. The van der Waals surface area contributed by atoms with Crippen LogP contribution in [0, 0.1) is 0 Å². The van der Waals surface area contributed by atoms with E-state index in [1.165, 1.54) is 12.8 Å². The van der Waals surface area contributed by atoms with Crippen LogP contribution in [0.25, 0.3) is 0 Å². The standard InChI is InChI=1S/C10H19NO2/c1-10(4-2-5-13-10)8-11-9-3-6-12-7-9/h9,11H,2-8H2,1H3. The van der Waals surface area contributed by atoms with E-state index in [1.54, 1.807) is 0 Å². The molecule has 0 spiro atoms. The van der Waals surface area contributed by atoms with Crippen LogP contribution in [0.2, 0.25) is 0 Å². The van der Waals surface area contributed by atoms with Crippen molar-refractivity contribution >= 4 is 0 Å². The molecular formula is C10H19NO2.